The molecule has 88 valence electrons. The van der Waals surface area contributed by atoms with Crippen LogP contribution in [0.2, 0.25) is 0 Å². The van der Waals surface area contributed by atoms with Gasteiger partial charge in [0.1, 0.15) is 12.1 Å². The van der Waals surface area contributed by atoms with E-state index in [1.807, 2.05) is 0 Å². The molecular formula is C6H13N3O4S2. The Morgan fingerprint density at radius 1 is 1.13 bits per heavy atom. The number of hydrogen-bond donors (Lipinski definition) is 5. The lowest BCUT2D eigenvalue weighted by Gasteiger charge is -2.14. The summed E-state index contributed by atoms with van der Waals surface area (Å²) >= 11 is 0. The zero-order chi connectivity index (χ0) is 12.0. The van der Waals surface area contributed by atoms with Gasteiger partial charge in [0.15, 0.2) is 0 Å². The highest BCUT2D eigenvalue weighted by atomic mass is 33.1. The molecule has 15 heavy (non-hydrogen) atoms. The molecule has 9 heteroatoms. The van der Waals surface area contributed by atoms with Crippen LogP contribution in [0.25, 0.3) is 0 Å². The molecule has 0 radical (unpaired) electrons. The van der Waals surface area contributed by atoms with E-state index in [4.69, 9.17) is 27.4 Å². The minimum absolute atomic E-state index is 0.139. The first-order valence-corrected chi connectivity index (χ1v) is 6.25. The van der Waals surface area contributed by atoms with Crippen LogP contribution in [0.4, 0.5) is 0 Å². The predicted octanol–water partition coefficient (Wildman–Crippen LogP) is -1.52. The summed E-state index contributed by atoms with van der Waals surface area (Å²) in [7, 11) is 2.09. The van der Waals surface area contributed by atoms with Crippen molar-refractivity contribution in [2.24, 2.45) is 17.2 Å². The van der Waals surface area contributed by atoms with Crippen LogP contribution in [0.15, 0.2) is 0 Å². The second kappa shape index (κ2) is 6.90. The van der Waals surface area contributed by atoms with Gasteiger partial charge in [-0.15, -0.1) is 0 Å². The average Bonchev–Trinajstić information content (AvgIpc) is 2.15. The second-order valence-corrected chi connectivity index (χ2v) is 5.24. The molecule has 0 saturated carbocycles. The van der Waals surface area contributed by atoms with Gasteiger partial charge in [-0.3, -0.25) is 9.59 Å². The third-order valence-corrected chi connectivity index (χ3v) is 4.01. The first kappa shape index (κ1) is 14.5. The third-order valence-electron chi connectivity index (χ3n) is 1.38. The van der Waals surface area contributed by atoms with Gasteiger partial charge in [-0.2, -0.15) is 0 Å². The molecule has 0 spiro atoms. The second-order valence-electron chi connectivity index (χ2n) is 2.65. The van der Waals surface area contributed by atoms with E-state index in [-0.39, 0.29) is 5.75 Å². The SMILES string of the molecule is NC(SSC[C@H](N)C(=O)O)[C@H](N)C(=O)O. The smallest absolute Gasteiger partial charge is 0.323 e. The van der Waals surface area contributed by atoms with Crippen molar-refractivity contribution in [2.45, 2.75) is 17.5 Å². The first-order chi connectivity index (χ1) is 6.86. The highest BCUT2D eigenvalue weighted by molar-refractivity contribution is 8.77. The van der Waals surface area contributed by atoms with Crippen molar-refractivity contribution in [3.63, 3.8) is 0 Å². The molecule has 0 bridgehead atoms. The van der Waals surface area contributed by atoms with Crippen LogP contribution in [0.1, 0.15) is 0 Å². The zero-order valence-corrected chi connectivity index (χ0v) is 9.33. The van der Waals surface area contributed by atoms with Gasteiger partial charge in [0.05, 0.1) is 5.37 Å². The van der Waals surface area contributed by atoms with Crippen molar-refractivity contribution in [1.82, 2.24) is 0 Å². The van der Waals surface area contributed by atoms with Crippen LogP contribution in [0.3, 0.4) is 0 Å². The molecule has 8 N–H and O–H groups in total. The van der Waals surface area contributed by atoms with Crippen LogP contribution in [0, 0.1) is 0 Å². The fourth-order valence-corrected chi connectivity index (χ4v) is 2.73. The number of nitrogens with two attached hydrogens (primary N) is 3. The summed E-state index contributed by atoms with van der Waals surface area (Å²) in [5.74, 6) is -2.17. The van der Waals surface area contributed by atoms with Gasteiger partial charge in [0.25, 0.3) is 0 Å². The van der Waals surface area contributed by atoms with E-state index < -0.39 is 29.4 Å². The number of carbonyl (C=O) groups is 2. The maximum atomic E-state index is 10.4. The Labute approximate surface area is 94.1 Å². The van der Waals surface area contributed by atoms with Crippen LogP contribution >= 0.6 is 21.6 Å². The summed E-state index contributed by atoms with van der Waals surface area (Å²) in [4.78, 5) is 20.7. The molecule has 0 saturated heterocycles. The van der Waals surface area contributed by atoms with Crippen LogP contribution < -0.4 is 17.2 Å². The van der Waals surface area contributed by atoms with Crippen molar-refractivity contribution >= 4 is 33.5 Å². The summed E-state index contributed by atoms with van der Waals surface area (Å²) in [5.41, 5.74) is 15.9. The zero-order valence-electron chi connectivity index (χ0n) is 7.70. The number of aliphatic carboxylic acids is 2. The van der Waals surface area contributed by atoms with Crippen LogP contribution in [-0.4, -0.2) is 45.4 Å². The minimum atomic E-state index is -1.20. The number of carboxylic acids is 2. The predicted molar refractivity (Wildman–Crippen MR) is 59.2 cm³/mol. The van der Waals surface area contributed by atoms with E-state index >= 15 is 0 Å². The minimum Gasteiger partial charge on any atom is -0.480 e. The van der Waals surface area contributed by atoms with E-state index in [1.54, 1.807) is 0 Å². The Balaban J connectivity index is 3.77. The highest BCUT2D eigenvalue weighted by Crippen LogP contribution is 2.25. The van der Waals surface area contributed by atoms with Crippen molar-refractivity contribution in [3.05, 3.63) is 0 Å². The summed E-state index contributed by atoms with van der Waals surface area (Å²) < 4.78 is 0. The Morgan fingerprint density at radius 2 is 1.67 bits per heavy atom. The maximum Gasteiger partial charge on any atom is 0.323 e. The summed E-state index contributed by atoms with van der Waals surface area (Å²) in [6.07, 6.45) is 0. The third kappa shape index (κ3) is 5.85. The monoisotopic (exact) mass is 255 g/mol. The van der Waals surface area contributed by atoms with Gasteiger partial charge < -0.3 is 27.4 Å². The Kier molecular flexibility index (Phi) is 6.68. The summed E-state index contributed by atoms with van der Waals surface area (Å²) in [6.45, 7) is 0. The lowest BCUT2D eigenvalue weighted by atomic mass is 10.3. The van der Waals surface area contributed by atoms with Gasteiger partial charge in [-0.05, 0) is 0 Å². The number of hydrogen-bond acceptors (Lipinski definition) is 7. The number of rotatable bonds is 7. The van der Waals surface area contributed by atoms with Gasteiger partial charge in [0.2, 0.25) is 0 Å². The molecule has 0 aliphatic rings. The van der Waals surface area contributed by atoms with Gasteiger partial charge in [0, 0.05) is 5.75 Å². The van der Waals surface area contributed by atoms with E-state index in [2.05, 4.69) is 0 Å². The van der Waals surface area contributed by atoms with Gasteiger partial charge in [-0.1, -0.05) is 21.6 Å². The standard InChI is InChI=1S/C6H13N3O4S2/c7-2(5(10)11)1-14-15-4(9)3(8)6(12)13/h2-4H,1,7-9H2,(H,10,11)(H,12,13)/t2-,3-,4?/m0/s1. The van der Waals surface area contributed by atoms with Gasteiger partial charge >= 0.3 is 11.9 Å². The lowest BCUT2D eigenvalue weighted by molar-refractivity contribution is -0.139. The first-order valence-electron chi connectivity index (χ1n) is 3.87. The lowest BCUT2D eigenvalue weighted by Crippen LogP contribution is -2.44. The molecule has 3 atom stereocenters. The molecule has 0 aromatic heterocycles. The van der Waals surface area contributed by atoms with Crippen molar-refractivity contribution in [3.8, 4) is 0 Å². The van der Waals surface area contributed by atoms with Crippen LogP contribution in [0.5, 0.6) is 0 Å². The molecular weight excluding hydrogens is 242 g/mol. The molecule has 0 aliphatic carbocycles. The number of carboxylic acid groups (broad SMARTS) is 2. The quantitative estimate of drug-likeness (QED) is 0.269. The normalized spacial score (nSPS) is 16.7. The Hall–Kier alpha value is -0.480. The summed E-state index contributed by atoms with van der Waals surface area (Å²) in [6, 6.07) is -2.17. The fourth-order valence-electron chi connectivity index (χ4n) is 0.463. The van der Waals surface area contributed by atoms with Gasteiger partial charge in [-0.25, -0.2) is 0 Å². The maximum absolute atomic E-state index is 10.4. The van der Waals surface area contributed by atoms with Crippen LogP contribution in [-0.2, 0) is 9.59 Å². The van der Waals surface area contributed by atoms with Crippen molar-refractivity contribution < 1.29 is 19.8 Å². The Morgan fingerprint density at radius 3 is 2.07 bits per heavy atom. The van der Waals surface area contributed by atoms with Crippen molar-refractivity contribution in [2.75, 3.05) is 5.75 Å². The molecule has 7 nitrogen and oxygen atoms in total. The molecule has 0 aliphatic heterocycles. The highest BCUT2D eigenvalue weighted by Gasteiger charge is 2.22. The topological polar surface area (TPSA) is 153 Å². The average molecular weight is 255 g/mol. The summed E-state index contributed by atoms with van der Waals surface area (Å²) in [5, 5.41) is 16.2. The van der Waals surface area contributed by atoms with E-state index in [9.17, 15) is 9.59 Å². The van der Waals surface area contributed by atoms with E-state index in [0.29, 0.717) is 0 Å². The van der Waals surface area contributed by atoms with E-state index in [1.165, 1.54) is 0 Å². The molecule has 0 heterocycles. The van der Waals surface area contributed by atoms with E-state index in [0.717, 1.165) is 21.6 Å². The Bertz CT molecular complexity index is 240. The molecule has 0 rings (SSSR count). The molecule has 1 unspecified atom stereocenters. The molecule has 0 amide bonds. The van der Waals surface area contributed by atoms with Crippen molar-refractivity contribution in [1.29, 1.82) is 0 Å². The molecule has 0 aromatic rings. The molecule has 0 aromatic carbocycles. The largest absolute Gasteiger partial charge is 0.480 e. The molecule has 0 fully saturated rings. The fraction of sp³-hybridized carbons (Fsp3) is 0.667.